The molecule has 0 saturated carbocycles. The van der Waals surface area contributed by atoms with Crippen LogP contribution in [-0.2, 0) is 0 Å². The van der Waals surface area contributed by atoms with E-state index in [1.165, 1.54) is 44.2 Å². The van der Waals surface area contributed by atoms with E-state index in [-0.39, 0.29) is 0 Å². The second-order valence-corrected chi connectivity index (χ2v) is 6.88. The average molecular weight is 429 g/mol. The van der Waals surface area contributed by atoms with Gasteiger partial charge in [-0.1, -0.05) is 126 Å². The minimum atomic E-state index is 1.34. The summed E-state index contributed by atoms with van der Waals surface area (Å²) in [7, 11) is 0. The van der Waals surface area contributed by atoms with E-state index in [9.17, 15) is 0 Å². The number of fused-ring (bicyclic) bond motifs is 1. The molecule has 0 spiro atoms. The molecule has 0 amide bonds. The van der Waals surface area contributed by atoms with Crippen molar-refractivity contribution in [1.29, 1.82) is 0 Å². The topological polar surface area (TPSA) is 0 Å². The number of hydrogen-bond donors (Lipinski definition) is 0. The van der Waals surface area contributed by atoms with E-state index in [0.717, 1.165) is 0 Å². The molecule has 0 fully saturated rings. The highest BCUT2D eigenvalue weighted by atomic mass is 14.1. The van der Waals surface area contributed by atoms with Crippen LogP contribution in [0.5, 0.6) is 0 Å². The van der Waals surface area contributed by atoms with Gasteiger partial charge in [-0.15, -0.1) is 0 Å². The van der Waals surface area contributed by atoms with Crippen LogP contribution in [-0.4, -0.2) is 0 Å². The first kappa shape index (κ1) is 29.1. The first-order chi connectivity index (χ1) is 15.6. The third-order valence-electron chi connectivity index (χ3n) is 4.90. The lowest BCUT2D eigenvalue weighted by molar-refractivity contribution is 1.41. The van der Waals surface area contributed by atoms with Crippen LogP contribution in [0.3, 0.4) is 0 Å². The van der Waals surface area contributed by atoms with Gasteiger partial charge in [0, 0.05) is 0 Å². The molecule has 0 unspecified atom stereocenters. The van der Waals surface area contributed by atoms with Crippen LogP contribution in [0.25, 0.3) is 21.9 Å². The van der Waals surface area contributed by atoms with Gasteiger partial charge in [-0.05, 0) is 71.8 Å². The van der Waals surface area contributed by atoms with Crippen molar-refractivity contribution in [3.63, 3.8) is 0 Å². The van der Waals surface area contributed by atoms with Crippen molar-refractivity contribution >= 4 is 10.8 Å². The minimum Gasteiger partial charge on any atom is -0.0683 e. The van der Waals surface area contributed by atoms with Gasteiger partial charge in [-0.2, -0.15) is 0 Å². The summed E-state index contributed by atoms with van der Waals surface area (Å²) in [6.07, 6.45) is 0. The van der Waals surface area contributed by atoms with Gasteiger partial charge < -0.3 is 0 Å². The Morgan fingerprint density at radius 2 is 0.656 bits per heavy atom. The van der Waals surface area contributed by atoms with E-state index in [0.29, 0.717) is 0 Å². The second kappa shape index (κ2) is 16.8. The molecule has 0 heterocycles. The maximum absolute atomic E-state index is 2.18. The van der Waals surface area contributed by atoms with Gasteiger partial charge in [0.15, 0.2) is 0 Å². The molecular weight excluding hydrogens is 384 g/mol. The monoisotopic (exact) mass is 428 g/mol. The standard InChI is InChI=1S/C14H14.C12H12.3C2H6/c1-11-7-3-5-9-13(11)14-10-6-4-8-12(14)2;1-9-5-3-7-11-8-4-6-10(2)12(9)11;3*1-2/h3-10H,1-2H3;3-8H,1-2H3;3*1-2H3. The zero-order chi connectivity index (χ0) is 24.5. The lowest BCUT2D eigenvalue weighted by atomic mass is 9.97. The minimum absolute atomic E-state index is 1.34. The smallest absolute Gasteiger partial charge is 0.0125 e. The number of hydrogen-bond acceptors (Lipinski definition) is 0. The first-order valence-corrected chi connectivity index (χ1v) is 12.1. The quantitative estimate of drug-likeness (QED) is 0.283. The summed E-state index contributed by atoms with van der Waals surface area (Å²) in [5.41, 5.74) is 8.08. The highest BCUT2D eigenvalue weighted by Gasteiger charge is 2.02. The predicted octanol–water partition coefficient (Wildman–Crippen LogP) is 10.5. The van der Waals surface area contributed by atoms with E-state index in [1.54, 1.807) is 0 Å². The van der Waals surface area contributed by atoms with E-state index in [1.807, 2.05) is 41.5 Å². The molecule has 172 valence electrons. The lowest BCUT2D eigenvalue weighted by Gasteiger charge is -2.08. The Balaban J connectivity index is 0.000000491. The molecule has 0 radical (unpaired) electrons. The molecule has 0 bridgehead atoms. The van der Waals surface area contributed by atoms with E-state index in [2.05, 4.69) is 113 Å². The largest absolute Gasteiger partial charge is 0.0683 e. The van der Waals surface area contributed by atoms with Gasteiger partial charge in [-0.3, -0.25) is 0 Å². The second-order valence-electron chi connectivity index (χ2n) is 6.88. The summed E-state index contributed by atoms with van der Waals surface area (Å²) in [5, 5.41) is 2.75. The van der Waals surface area contributed by atoms with Crippen LogP contribution in [0.2, 0.25) is 0 Å². The Hall–Kier alpha value is -2.86. The van der Waals surface area contributed by atoms with Crippen molar-refractivity contribution in [2.45, 2.75) is 69.2 Å². The third kappa shape index (κ3) is 8.35. The molecule has 0 N–H and O–H groups in total. The van der Waals surface area contributed by atoms with Crippen LogP contribution in [0.15, 0.2) is 84.9 Å². The first-order valence-electron chi connectivity index (χ1n) is 12.1. The molecule has 0 aliphatic heterocycles. The van der Waals surface area contributed by atoms with Crippen LogP contribution in [0.1, 0.15) is 63.8 Å². The van der Waals surface area contributed by atoms with Crippen molar-refractivity contribution in [3.8, 4) is 11.1 Å². The maximum atomic E-state index is 2.18. The molecule has 0 aliphatic carbocycles. The predicted molar refractivity (Wildman–Crippen MR) is 149 cm³/mol. The Bertz CT molecular complexity index is 945. The Labute approximate surface area is 198 Å². The van der Waals surface area contributed by atoms with Crippen molar-refractivity contribution in [1.82, 2.24) is 0 Å². The fraction of sp³-hybridized carbons (Fsp3) is 0.312. The van der Waals surface area contributed by atoms with Crippen molar-refractivity contribution in [2.75, 3.05) is 0 Å². The SMILES string of the molecule is CC.CC.CC.Cc1cccc2cccc(C)c12.Cc1ccccc1-c1ccccc1C. The summed E-state index contributed by atoms with van der Waals surface area (Å²) in [5.74, 6) is 0. The van der Waals surface area contributed by atoms with Crippen LogP contribution in [0.4, 0.5) is 0 Å². The highest BCUT2D eigenvalue weighted by molar-refractivity contribution is 5.88. The molecular formula is C32H44. The maximum Gasteiger partial charge on any atom is -0.0125 e. The Morgan fingerprint density at radius 3 is 0.969 bits per heavy atom. The number of aryl methyl sites for hydroxylation is 4. The summed E-state index contributed by atoms with van der Waals surface area (Å²) in [6, 6.07) is 29.9. The van der Waals surface area contributed by atoms with Crippen LogP contribution < -0.4 is 0 Å². The third-order valence-corrected chi connectivity index (χ3v) is 4.90. The molecule has 0 atom stereocenters. The van der Waals surface area contributed by atoms with Gasteiger partial charge in [0.1, 0.15) is 0 Å². The molecule has 32 heavy (non-hydrogen) atoms. The molecule has 0 heteroatoms. The summed E-state index contributed by atoms with van der Waals surface area (Å²) in [6.45, 7) is 20.6. The average Bonchev–Trinajstić information content (AvgIpc) is 2.84. The molecule has 4 rings (SSSR count). The van der Waals surface area contributed by atoms with E-state index >= 15 is 0 Å². The lowest BCUT2D eigenvalue weighted by Crippen LogP contribution is -1.85. The fourth-order valence-corrected chi connectivity index (χ4v) is 3.50. The van der Waals surface area contributed by atoms with Gasteiger partial charge >= 0.3 is 0 Å². The molecule has 4 aromatic carbocycles. The summed E-state index contributed by atoms with van der Waals surface area (Å²) in [4.78, 5) is 0. The zero-order valence-corrected chi connectivity index (χ0v) is 22.1. The number of benzene rings is 4. The van der Waals surface area contributed by atoms with Crippen LogP contribution >= 0.6 is 0 Å². The normalized spacial score (nSPS) is 8.94. The zero-order valence-electron chi connectivity index (χ0n) is 22.1. The van der Waals surface area contributed by atoms with Crippen LogP contribution in [0, 0.1) is 27.7 Å². The van der Waals surface area contributed by atoms with Gasteiger partial charge in [0.2, 0.25) is 0 Å². The Morgan fingerprint density at radius 1 is 0.344 bits per heavy atom. The van der Waals surface area contributed by atoms with Crippen molar-refractivity contribution < 1.29 is 0 Å². The molecule has 0 aliphatic rings. The summed E-state index contributed by atoms with van der Waals surface area (Å²) >= 11 is 0. The number of rotatable bonds is 1. The summed E-state index contributed by atoms with van der Waals surface area (Å²) < 4.78 is 0. The highest BCUT2D eigenvalue weighted by Crippen LogP contribution is 2.25. The van der Waals surface area contributed by atoms with Gasteiger partial charge in [0.05, 0.1) is 0 Å². The Kier molecular flexibility index (Phi) is 15.3. The van der Waals surface area contributed by atoms with E-state index < -0.39 is 0 Å². The van der Waals surface area contributed by atoms with Gasteiger partial charge in [-0.25, -0.2) is 0 Å². The fourth-order valence-electron chi connectivity index (χ4n) is 3.50. The molecule has 0 aromatic heterocycles. The van der Waals surface area contributed by atoms with Crippen molar-refractivity contribution in [3.05, 3.63) is 107 Å². The van der Waals surface area contributed by atoms with E-state index in [4.69, 9.17) is 0 Å². The molecule has 4 aromatic rings. The molecule has 0 nitrogen and oxygen atoms in total. The van der Waals surface area contributed by atoms with Gasteiger partial charge in [0.25, 0.3) is 0 Å². The molecule has 0 saturated heterocycles. The van der Waals surface area contributed by atoms with Crippen molar-refractivity contribution in [2.24, 2.45) is 0 Å².